The van der Waals surface area contributed by atoms with Crippen molar-refractivity contribution in [1.29, 1.82) is 0 Å². The van der Waals surface area contributed by atoms with Crippen molar-refractivity contribution < 1.29 is 68.2 Å². The fourth-order valence-corrected chi connectivity index (χ4v) is 7.52. The smallest absolute Gasteiger partial charge is 0.462 e. The Morgan fingerprint density at radius 1 is 0.600 bits per heavy atom. The predicted octanol–water partition coefficient (Wildman–Crippen LogP) is 7.36. The van der Waals surface area contributed by atoms with Gasteiger partial charge in [-0.1, -0.05) is 133 Å². The molecular formula is C45H79O14P. The zero-order valence-corrected chi connectivity index (χ0v) is 37.2. The number of phosphoric ester groups is 1. The SMILES string of the molecule is CC/C=C/CC(O)/C=C/C=C/CCCCCCCC(=O)O[C@H](COC(=O)CCCCCCCCC/C=C\CCCCCC)COP(=O)(O)OC1[C@H](O)[C@H](O)C(O)[C@H](O)[C@H]1O. The first kappa shape index (κ1) is 55.8. The minimum absolute atomic E-state index is 0.0482. The second-order valence-electron chi connectivity index (χ2n) is 15.7. The summed E-state index contributed by atoms with van der Waals surface area (Å²) in [6.45, 7) is 3.04. The Labute approximate surface area is 359 Å². The molecule has 4 unspecified atom stereocenters. The van der Waals surface area contributed by atoms with E-state index < -0.39 is 81.8 Å². The number of aliphatic hydroxyl groups is 6. The number of carbonyl (C=O) groups is 2. The summed E-state index contributed by atoms with van der Waals surface area (Å²) in [7, 11) is -5.14. The Hall–Kier alpha value is -2.23. The highest BCUT2D eigenvalue weighted by Crippen LogP contribution is 2.47. The third kappa shape index (κ3) is 27.7. The van der Waals surface area contributed by atoms with E-state index in [4.69, 9.17) is 18.5 Å². The Morgan fingerprint density at radius 2 is 1.10 bits per heavy atom. The van der Waals surface area contributed by atoms with Crippen molar-refractivity contribution in [3.63, 3.8) is 0 Å². The molecule has 0 saturated heterocycles. The van der Waals surface area contributed by atoms with Crippen LogP contribution in [0.25, 0.3) is 0 Å². The molecule has 0 radical (unpaired) electrons. The van der Waals surface area contributed by atoms with Gasteiger partial charge in [0.15, 0.2) is 6.10 Å². The Morgan fingerprint density at radius 3 is 1.67 bits per heavy atom. The largest absolute Gasteiger partial charge is 0.472 e. The van der Waals surface area contributed by atoms with Crippen LogP contribution in [0.15, 0.2) is 48.6 Å². The summed E-state index contributed by atoms with van der Waals surface area (Å²) in [5, 5.41) is 60.0. The second-order valence-corrected chi connectivity index (χ2v) is 17.1. The Kier molecular flexibility index (Phi) is 32.8. The van der Waals surface area contributed by atoms with Gasteiger partial charge in [-0.05, 0) is 64.2 Å². The van der Waals surface area contributed by atoms with Gasteiger partial charge in [-0.2, -0.15) is 0 Å². The quantitative estimate of drug-likeness (QED) is 0.0107. The molecule has 0 aromatic rings. The molecule has 0 amide bonds. The molecule has 0 aliphatic heterocycles. The number of allylic oxidation sites excluding steroid dienone is 6. The summed E-state index contributed by atoms with van der Waals surface area (Å²) < 4.78 is 33.4. The molecule has 0 aromatic heterocycles. The van der Waals surface area contributed by atoms with Crippen LogP contribution in [0.1, 0.15) is 162 Å². The highest BCUT2D eigenvalue weighted by atomic mass is 31.2. The van der Waals surface area contributed by atoms with Crippen LogP contribution < -0.4 is 0 Å². The molecule has 1 aliphatic rings. The van der Waals surface area contributed by atoms with Crippen LogP contribution in [-0.2, 0) is 32.7 Å². The fourth-order valence-electron chi connectivity index (χ4n) is 6.55. The highest BCUT2D eigenvalue weighted by Gasteiger charge is 2.51. The summed E-state index contributed by atoms with van der Waals surface area (Å²) >= 11 is 0. The minimum Gasteiger partial charge on any atom is -0.462 e. The summed E-state index contributed by atoms with van der Waals surface area (Å²) in [5.74, 6) is -1.16. The summed E-state index contributed by atoms with van der Waals surface area (Å²) in [6.07, 6.45) is 23.5. The minimum atomic E-state index is -5.14. The molecule has 1 aliphatic carbocycles. The van der Waals surface area contributed by atoms with Crippen molar-refractivity contribution >= 4 is 19.8 Å². The maximum atomic E-state index is 12.8. The van der Waals surface area contributed by atoms with Gasteiger partial charge in [0, 0.05) is 12.8 Å². The monoisotopic (exact) mass is 875 g/mol. The van der Waals surface area contributed by atoms with E-state index in [1.54, 1.807) is 6.08 Å². The van der Waals surface area contributed by atoms with Gasteiger partial charge < -0.3 is 45.0 Å². The van der Waals surface area contributed by atoms with E-state index in [0.717, 1.165) is 77.0 Å². The molecule has 60 heavy (non-hydrogen) atoms. The number of phosphoric acid groups is 1. The molecule has 9 atom stereocenters. The van der Waals surface area contributed by atoms with Crippen molar-refractivity contribution in [2.24, 2.45) is 0 Å². The number of esters is 2. The third-order valence-corrected chi connectivity index (χ3v) is 11.2. The van der Waals surface area contributed by atoms with Gasteiger partial charge >= 0.3 is 19.8 Å². The van der Waals surface area contributed by atoms with Gasteiger partial charge in [0.25, 0.3) is 0 Å². The van der Waals surface area contributed by atoms with E-state index in [9.17, 15) is 49.7 Å². The highest BCUT2D eigenvalue weighted by molar-refractivity contribution is 7.47. The molecule has 14 nitrogen and oxygen atoms in total. The first-order chi connectivity index (χ1) is 28.8. The van der Waals surface area contributed by atoms with Crippen molar-refractivity contribution in [3.8, 4) is 0 Å². The lowest BCUT2D eigenvalue weighted by Crippen LogP contribution is -2.64. The van der Waals surface area contributed by atoms with Crippen LogP contribution in [-0.4, -0.2) is 110 Å². The van der Waals surface area contributed by atoms with Crippen molar-refractivity contribution in [2.45, 2.75) is 210 Å². The van der Waals surface area contributed by atoms with E-state index >= 15 is 0 Å². The van der Waals surface area contributed by atoms with E-state index in [0.29, 0.717) is 19.3 Å². The van der Waals surface area contributed by atoms with Crippen LogP contribution in [0.5, 0.6) is 0 Å². The molecule has 1 saturated carbocycles. The third-order valence-electron chi connectivity index (χ3n) is 10.2. The fraction of sp³-hybridized carbons (Fsp3) is 0.778. The summed E-state index contributed by atoms with van der Waals surface area (Å²) in [4.78, 5) is 35.7. The number of ether oxygens (including phenoxy) is 2. The molecule has 1 fully saturated rings. The van der Waals surface area contributed by atoms with Crippen LogP contribution in [0.3, 0.4) is 0 Å². The van der Waals surface area contributed by atoms with Gasteiger partial charge in [0.1, 0.15) is 43.2 Å². The molecule has 0 aromatic carbocycles. The number of hydrogen-bond acceptors (Lipinski definition) is 13. The predicted molar refractivity (Wildman–Crippen MR) is 232 cm³/mol. The molecule has 0 bridgehead atoms. The van der Waals surface area contributed by atoms with Gasteiger partial charge in [0.2, 0.25) is 0 Å². The zero-order valence-electron chi connectivity index (χ0n) is 36.4. The van der Waals surface area contributed by atoms with Crippen LogP contribution in [0, 0.1) is 0 Å². The molecule has 0 heterocycles. The van der Waals surface area contributed by atoms with Crippen LogP contribution in [0.4, 0.5) is 0 Å². The normalized spacial score (nSPS) is 23.1. The molecule has 0 spiro atoms. The van der Waals surface area contributed by atoms with E-state index in [1.165, 1.54) is 38.5 Å². The lowest BCUT2D eigenvalue weighted by atomic mass is 9.85. The molecule has 348 valence electrons. The number of rotatable bonds is 36. The van der Waals surface area contributed by atoms with E-state index in [1.807, 2.05) is 37.3 Å². The Balaban J connectivity index is 2.51. The molecule has 1 rings (SSSR count). The lowest BCUT2D eigenvalue weighted by Gasteiger charge is -2.41. The summed E-state index contributed by atoms with van der Waals surface area (Å²) in [5.41, 5.74) is 0. The van der Waals surface area contributed by atoms with Gasteiger partial charge in [-0.15, -0.1) is 0 Å². The van der Waals surface area contributed by atoms with Gasteiger partial charge in [-0.3, -0.25) is 18.6 Å². The maximum absolute atomic E-state index is 12.8. The van der Waals surface area contributed by atoms with Crippen molar-refractivity contribution in [3.05, 3.63) is 48.6 Å². The average molecular weight is 875 g/mol. The standard InChI is InChI=1S/C45H79O14P/c1-3-5-7-8-9-10-11-12-13-14-15-18-21-24-28-32-38(47)56-34-37(35-57-60(54,55)59-45-43(52)41(50)40(49)42(51)44(45)53)58-39(48)33-29-25-22-19-16-17-20-23-27-31-36(46)30-26-6-4-2/h6,10-11,20,23,26-27,31,36-37,40-46,49-53H,3-5,7-9,12-19,21-22,24-25,28-30,32-35H2,1-2H3,(H,54,55)/b11-10-,23-20+,26-6+,31-27+/t36?,37-,40?,41-,42+,43-,44-,45?/m1/s1. The van der Waals surface area contributed by atoms with Gasteiger partial charge in [0.05, 0.1) is 12.7 Å². The number of unbranched alkanes of at least 4 members (excludes halogenated alkanes) is 16. The molecular weight excluding hydrogens is 795 g/mol. The van der Waals surface area contributed by atoms with Gasteiger partial charge in [-0.25, -0.2) is 4.57 Å². The van der Waals surface area contributed by atoms with Crippen LogP contribution in [0.2, 0.25) is 0 Å². The first-order valence-electron chi connectivity index (χ1n) is 22.5. The molecule has 15 heteroatoms. The second kappa shape index (κ2) is 35.3. The van der Waals surface area contributed by atoms with Crippen LogP contribution >= 0.6 is 7.82 Å². The molecule has 7 N–H and O–H groups in total. The maximum Gasteiger partial charge on any atom is 0.472 e. The lowest BCUT2D eigenvalue weighted by molar-refractivity contribution is -0.220. The summed E-state index contributed by atoms with van der Waals surface area (Å²) in [6, 6.07) is 0. The number of hydrogen-bond donors (Lipinski definition) is 7. The Bertz CT molecular complexity index is 1260. The van der Waals surface area contributed by atoms with Crippen molar-refractivity contribution in [2.75, 3.05) is 13.2 Å². The number of carbonyl (C=O) groups excluding carboxylic acids is 2. The zero-order chi connectivity index (χ0) is 44.4. The van der Waals surface area contributed by atoms with E-state index in [2.05, 4.69) is 19.1 Å². The number of aliphatic hydroxyl groups excluding tert-OH is 6. The van der Waals surface area contributed by atoms with Crippen molar-refractivity contribution in [1.82, 2.24) is 0 Å². The van der Waals surface area contributed by atoms with E-state index in [-0.39, 0.29) is 12.8 Å². The topological polar surface area (TPSA) is 230 Å². The average Bonchev–Trinajstić information content (AvgIpc) is 3.22. The first-order valence-corrected chi connectivity index (χ1v) is 24.0.